The molecule has 0 atom stereocenters. The largest absolute Gasteiger partial charge is 0.397 e. The second-order valence-corrected chi connectivity index (χ2v) is 4.92. The molecule has 0 aliphatic carbocycles. The van der Waals surface area contributed by atoms with Crippen LogP contribution in [0.1, 0.15) is 0 Å². The number of urea groups is 1. The van der Waals surface area contributed by atoms with Gasteiger partial charge in [-0.25, -0.2) is 9.78 Å². The highest BCUT2D eigenvalue weighted by Crippen LogP contribution is 2.23. The van der Waals surface area contributed by atoms with Crippen LogP contribution in [0.5, 0.6) is 0 Å². The van der Waals surface area contributed by atoms with Crippen LogP contribution >= 0.6 is 27.5 Å². The third-order valence-electron chi connectivity index (χ3n) is 2.22. The van der Waals surface area contributed by atoms with E-state index < -0.39 is 6.03 Å². The summed E-state index contributed by atoms with van der Waals surface area (Å²) in [5, 5.41) is 5.68. The molecule has 7 heteroatoms. The van der Waals surface area contributed by atoms with Crippen LogP contribution in [0.25, 0.3) is 0 Å². The van der Waals surface area contributed by atoms with E-state index in [0.29, 0.717) is 26.7 Å². The molecule has 1 heterocycles. The zero-order valence-electron chi connectivity index (χ0n) is 9.65. The maximum Gasteiger partial charge on any atom is 0.324 e. The number of nitrogens with two attached hydrogens (primary N) is 1. The number of nitrogens with zero attached hydrogens (tertiary/aromatic N) is 1. The number of carbonyl (C=O) groups is 1. The van der Waals surface area contributed by atoms with E-state index in [1.807, 2.05) is 0 Å². The molecule has 98 valence electrons. The van der Waals surface area contributed by atoms with Gasteiger partial charge in [0.05, 0.1) is 27.1 Å². The lowest BCUT2D eigenvalue weighted by molar-refractivity contribution is 0.262. The average molecular weight is 342 g/mol. The van der Waals surface area contributed by atoms with E-state index in [2.05, 4.69) is 31.5 Å². The molecule has 4 N–H and O–H groups in total. The first kappa shape index (κ1) is 13.6. The number of nitrogen functional groups attached to an aromatic ring is 1. The van der Waals surface area contributed by atoms with Crippen LogP contribution in [0, 0.1) is 0 Å². The fraction of sp³-hybridized carbons (Fsp3) is 0. The smallest absolute Gasteiger partial charge is 0.324 e. The fourth-order valence-corrected chi connectivity index (χ4v) is 2.02. The number of rotatable bonds is 2. The summed E-state index contributed by atoms with van der Waals surface area (Å²) in [7, 11) is 0. The SMILES string of the molecule is Nc1cnc(NC(=O)Nc2ccccc2Cl)c(Br)c1. The number of carbonyl (C=O) groups excluding carboxylic acids is 1. The highest BCUT2D eigenvalue weighted by molar-refractivity contribution is 9.10. The molecule has 0 fully saturated rings. The van der Waals surface area contributed by atoms with Crippen LogP contribution in [0.2, 0.25) is 5.02 Å². The van der Waals surface area contributed by atoms with Gasteiger partial charge in [-0.05, 0) is 34.1 Å². The number of hydrogen-bond donors (Lipinski definition) is 3. The van der Waals surface area contributed by atoms with Crippen molar-refractivity contribution in [2.75, 3.05) is 16.4 Å². The topological polar surface area (TPSA) is 80.0 Å². The summed E-state index contributed by atoms with van der Waals surface area (Å²) in [6.45, 7) is 0. The first-order chi connectivity index (χ1) is 9.06. The maximum atomic E-state index is 11.8. The van der Waals surface area contributed by atoms with Gasteiger partial charge < -0.3 is 11.1 Å². The Morgan fingerprint density at radius 2 is 2.05 bits per heavy atom. The number of pyridine rings is 1. The monoisotopic (exact) mass is 340 g/mol. The van der Waals surface area contributed by atoms with E-state index in [1.54, 1.807) is 30.3 Å². The minimum atomic E-state index is -0.439. The van der Waals surface area contributed by atoms with Crippen LogP contribution in [-0.2, 0) is 0 Å². The van der Waals surface area contributed by atoms with E-state index in [0.717, 1.165) is 0 Å². The Balaban J connectivity index is 2.08. The summed E-state index contributed by atoms with van der Waals surface area (Å²) >= 11 is 9.20. The van der Waals surface area contributed by atoms with Crippen molar-refractivity contribution in [3.63, 3.8) is 0 Å². The molecule has 0 aliphatic heterocycles. The van der Waals surface area contributed by atoms with Gasteiger partial charge in [0.25, 0.3) is 0 Å². The molecular formula is C12H10BrClN4O. The van der Waals surface area contributed by atoms with Crippen molar-refractivity contribution in [3.05, 3.63) is 46.0 Å². The van der Waals surface area contributed by atoms with Gasteiger partial charge in [0.1, 0.15) is 5.82 Å². The third-order valence-corrected chi connectivity index (χ3v) is 3.15. The summed E-state index contributed by atoms with van der Waals surface area (Å²) in [5.74, 6) is 0.374. The number of halogens is 2. The molecule has 1 aromatic heterocycles. The summed E-state index contributed by atoms with van der Waals surface area (Å²) in [4.78, 5) is 15.8. The minimum Gasteiger partial charge on any atom is -0.397 e. The van der Waals surface area contributed by atoms with Crippen LogP contribution in [0.4, 0.5) is 22.0 Å². The molecule has 0 aliphatic rings. The first-order valence-electron chi connectivity index (χ1n) is 5.30. The van der Waals surface area contributed by atoms with Crippen molar-refractivity contribution in [1.29, 1.82) is 0 Å². The van der Waals surface area contributed by atoms with Gasteiger partial charge in [0.15, 0.2) is 0 Å². The Kier molecular flexibility index (Phi) is 4.24. The second-order valence-electron chi connectivity index (χ2n) is 3.66. The van der Waals surface area contributed by atoms with Gasteiger partial charge in [-0.2, -0.15) is 0 Å². The zero-order valence-corrected chi connectivity index (χ0v) is 12.0. The Labute approximate surface area is 123 Å². The molecule has 2 rings (SSSR count). The molecule has 0 saturated carbocycles. The molecule has 0 radical (unpaired) electrons. The molecule has 1 aromatic carbocycles. The van der Waals surface area contributed by atoms with Gasteiger partial charge in [-0.3, -0.25) is 5.32 Å². The number of anilines is 3. The van der Waals surface area contributed by atoms with E-state index in [9.17, 15) is 4.79 Å². The summed E-state index contributed by atoms with van der Waals surface area (Å²) in [6, 6.07) is 8.16. The van der Waals surface area contributed by atoms with Gasteiger partial charge in [0.2, 0.25) is 0 Å². The predicted molar refractivity (Wildman–Crippen MR) is 80.4 cm³/mol. The van der Waals surface area contributed by atoms with Gasteiger partial charge in [0, 0.05) is 0 Å². The maximum absolute atomic E-state index is 11.8. The molecule has 2 amide bonds. The lowest BCUT2D eigenvalue weighted by Crippen LogP contribution is -2.20. The number of para-hydroxylation sites is 1. The molecule has 5 nitrogen and oxygen atoms in total. The van der Waals surface area contributed by atoms with E-state index >= 15 is 0 Å². The molecule has 0 bridgehead atoms. The third kappa shape index (κ3) is 3.59. The minimum absolute atomic E-state index is 0.374. The molecule has 2 aromatic rings. The molecule has 0 spiro atoms. The summed E-state index contributed by atoms with van der Waals surface area (Å²) in [5.41, 5.74) is 6.59. The Morgan fingerprint density at radius 1 is 1.32 bits per heavy atom. The lowest BCUT2D eigenvalue weighted by Gasteiger charge is -2.09. The summed E-state index contributed by atoms with van der Waals surface area (Å²) in [6.07, 6.45) is 1.45. The van der Waals surface area contributed by atoms with Crippen molar-refractivity contribution in [2.45, 2.75) is 0 Å². The predicted octanol–water partition coefficient (Wildman–Crippen LogP) is 3.72. The molecular weight excluding hydrogens is 332 g/mol. The number of nitrogens with one attached hydrogen (secondary N) is 2. The Hall–Kier alpha value is -1.79. The second kappa shape index (κ2) is 5.90. The van der Waals surface area contributed by atoms with Crippen LogP contribution in [-0.4, -0.2) is 11.0 Å². The van der Waals surface area contributed by atoms with Crippen molar-refractivity contribution in [1.82, 2.24) is 4.98 Å². The fourth-order valence-electron chi connectivity index (χ4n) is 1.37. The molecule has 19 heavy (non-hydrogen) atoms. The number of aromatic nitrogens is 1. The number of amides is 2. The zero-order chi connectivity index (χ0) is 13.8. The molecule has 0 unspecified atom stereocenters. The van der Waals surface area contributed by atoms with E-state index in [-0.39, 0.29) is 0 Å². The van der Waals surface area contributed by atoms with Crippen LogP contribution < -0.4 is 16.4 Å². The molecule has 0 saturated heterocycles. The lowest BCUT2D eigenvalue weighted by atomic mass is 10.3. The standard InChI is InChI=1S/C12H10BrClN4O/c13-8-5-7(15)6-16-11(8)18-12(19)17-10-4-2-1-3-9(10)14/h1-6H,15H2,(H2,16,17,18,19). The Bertz CT molecular complexity index is 620. The number of hydrogen-bond acceptors (Lipinski definition) is 3. The van der Waals surface area contributed by atoms with Crippen LogP contribution in [0.3, 0.4) is 0 Å². The van der Waals surface area contributed by atoms with Crippen LogP contribution in [0.15, 0.2) is 41.0 Å². The Morgan fingerprint density at radius 3 is 2.74 bits per heavy atom. The highest BCUT2D eigenvalue weighted by Gasteiger charge is 2.08. The number of benzene rings is 1. The van der Waals surface area contributed by atoms with E-state index in [1.165, 1.54) is 6.20 Å². The van der Waals surface area contributed by atoms with Crippen molar-refractivity contribution >= 4 is 50.8 Å². The first-order valence-corrected chi connectivity index (χ1v) is 6.47. The quantitative estimate of drug-likeness (QED) is 0.778. The van der Waals surface area contributed by atoms with Gasteiger partial charge >= 0.3 is 6.03 Å². The van der Waals surface area contributed by atoms with E-state index in [4.69, 9.17) is 17.3 Å². The average Bonchev–Trinajstić information content (AvgIpc) is 2.36. The van der Waals surface area contributed by atoms with Crippen molar-refractivity contribution < 1.29 is 4.79 Å². The van der Waals surface area contributed by atoms with Crippen molar-refractivity contribution in [2.24, 2.45) is 0 Å². The highest BCUT2D eigenvalue weighted by atomic mass is 79.9. The summed E-state index contributed by atoms with van der Waals surface area (Å²) < 4.78 is 0.599. The van der Waals surface area contributed by atoms with Gasteiger partial charge in [-0.1, -0.05) is 23.7 Å². The normalized spacial score (nSPS) is 10.0. The van der Waals surface area contributed by atoms with Crippen molar-refractivity contribution in [3.8, 4) is 0 Å². The van der Waals surface area contributed by atoms with Gasteiger partial charge in [-0.15, -0.1) is 0 Å².